The molecule has 1 saturated carbocycles. The summed E-state index contributed by atoms with van der Waals surface area (Å²) in [6.45, 7) is 0. The van der Waals surface area contributed by atoms with E-state index >= 15 is 0 Å². The summed E-state index contributed by atoms with van der Waals surface area (Å²) in [6.07, 6.45) is 6.39. The maximum absolute atomic E-state index is 8.61. The first-order valence-corrected chi connectivity index (χ1v) is 4.90. The molecular weight excluding hydrogens is 162 g/mol. The molecule has 1 aliphatic rings. The molecular formula is C11H13NO. The second-order valence-electron chi connectivity index (χ2n) is 3.65. The van der Waals surface area contributed by atoms with Crippen molar-refractivity contribution in [2.75, 3.05) is 0 Å². The fraction of sp³-hybridized carbons (Fsp3) is 0.545. The Kier molecular flexibility index (Phi) is 2.35. The molecule has 0 N–H and O–H groups in total. The van der Waals surface area contributed by atoms with Gasteiger partial charge in [-0.25, -0.2) is 0 Å². The van der Waals surface area contributed by atoms with Crippen LogP contribution in [0.1, 0.15) is 49.5 Å². The van der Waals surface area contributed by atoms with Crippen molar-refractivity contribution < 1.29 is 4.42 Å². The van der Waals surface area contributed by atoms with Crippen molar-refractivity contribution in [1.29, 1.82) is 5.26 Å². The van der Waals surface area contributed by atoms with Crippen molar-refractivity contribution in [3.63, 3.8) is 0 Å². The molecule has 2 rings (SSSR count). The summed E-state index contributed by atoms with van der Waals surface area (Å²) in [5.74, 6) is 2.02. The number of nitrogens with zero attached hydrogens (tertiary/aromatic N) is 1. The molecule has 0 atom stereocenters. The minimum atomic E-state index is 0.445. The smallest absolute Gasteiger partial charge is 0.203 e. The van der Waals surface area contributed by atoms with Crippen LogP contribution in [0, 0.1) is 11.3 Å². The molecule has 0 radical (unpaired) electrons. The zero-order chi connectivity index (χ0) is 9.10. The minimum absolute atomic E-state index is 0.445. The lowest BCUT2D eigenvalue weighted by molar-refractivity contribution is 0.371. The van der Waals surface area contributed by atoms with Crippen LogP contribution in [-0.4, -0.2) is 0 Å². The standard InChI is InChI=1S/C11H13NO/c12-8-10-6-7-11(13-10)9-4-2-1-3-5-9/h6-7,9H,1-5H2. The molecule has 68 valence electrons. The van der Waals surface area contributed by atoms with Crippen LogP contribution < -0.4 is 0 Å². The van der Waals surface area contributed by atoms with Crippen molar-refractivity contribution >= 4 is 0 Å². The van der Waals surface area contributed by atoms with Crippen molar-refractivity contribution in [3.05, 3.63) is 23.7 Å². The fourth-order valence-corrected chi connectivity index (χ4v) is 2.02. The predicted octanol–water partition coefficient (Wildman–Crippen LogP) is 3.20. The molecule has 0 aromatic carbocycles. The summed E-state index contributed by atoms with van der Waals surface area (Å²) in [7, 11) is 0. The van der Waals surface area contributed by atoms with Crippen LogP contribution in [0.2, 0.25) is 0 Å². The third-order valence-corrected chi connectivity index (χ3v) is 2.74. The summed E-state index contributed by atoms with van der Waals surface area (Å²) in [6, 6.07) is 5.74. The molecule has 1 aromatic heterocycles. The molecule has 0 saturated heterocycles. The van der Waals surface area contributed by atoms with Crippen LogP contribution in [-0.2, 0) is 0 Å². The van der Waals surface area contributed by atoms with Gasteiger partial charge in [0.2, 0.25) is 5.76 Å². The van der Waals surface area contributed by atoms with Crippen molar-refractivity contribution in [2.24, 2.45) is 0 Å². The van der Waals surface area contributed by atoms with E-state index in [2.05, 4.69) is 0 Å². The molecule has 0 unspecified atom stereocenters. The topological polar surface area (TPSA) is 36.9 Å². The van der Waals surface area contributed by atoms with E-state index in [-0.39, 0.29) is 0 Å². The molecule has 2 nitrogen and oxygen atoms in total. The summed E-state index contributed by atoms with van der Waals surface area (Å²) >= 11 is 0. The number of furan rings is 1. The Morgan fingerprint density at radius 2 is 2.00 bits per heavy atom. The van der Waals surface area contributed by atoms with E-state index in [0.717, 1.165) is 5.76 Å². The van der Waals surface area contributed by atoms with Crippen LogP contribution in [0.25, 0.3) is 0 Å². The van der Waals surface area contributed by atoms with Gasteiger partial charge in [0, 0.05) is 5.92 Å². The molecule has 0 spiro atoms. The second kappa shape index (κ2) is 3.66. The van der Waals surface area contributed by atoms with Gasteiger partial charge in [-0.05, 0) is 25.0 Å². The third kappa shape index (κ3) is 1.75. The van der Waals surface area contributed by atoms with Crippen molar-refractivity contribution in [3.8, 4) is 6.07 Å². The summed E-state index contributed by atoms with van der Waals surface area (Å²) in [5, 5.41) is 8.61. The van der Waals surface area contributed by atoms with E-state index in [4.69, 9.17) is 9.68 Å². The van der Waals surface area contributed by atoms with Gasteiger partial charge in [0.1, 0.15) is 11.8 Å². The van der Waals surface area contributed by atoms with Gasteiger partial charge >= 0.3 is 0 Å². The van der Waals surface area contributed by atoms with Crippen LogP contribution in [0.3, 0.4) is 0 Å². The van der Waals surface area contributed by atoms with E-state index in [1.807, 2.05) is 12.1 Å². The van der Waals surface area contributed by atoms with Gasteiger partial charge < -0.3 is 4.42 Å². The third-order valence-electron chi connectivity index (χ3n) is 2.74. The predicted molar refractivity (Wildman–Crippen MR) is 49.2 cm³/mol. The number of hydrogen-bond donors (Lipinski definition) is 0. The van der Waals surface area contributed by atoms with E-state index in [1.165, 1.54) is 32.1 Å². The molecule has 0 aliphatic heterocycles. The molecule has 1 aromatic rings. The van der Waals surface area contributed by atoms with Gasteiger partial charge in [0.25, 0.3) is 0 Å². The Labute approximate surface area is 78.2 Å². The quantitative estimate of drug-likeness (QED) is 0.657. The van der Waals surface area contributed by atoms with Gasteiger partial charge in [-0.15, -0.1) is 0 Å². The minimum Gasteiger partial charge on any atom is -0.450 e. The Balaban J connectivity index is 2.11. The highest BCUT2D eigenvalue weighted by Crippen LogP contribution is 2.33. The molecule has 1 fully saturated rings. The first kappa shape index (κ1) is 8.37. The Bertz CT molecular complexity index is 315. The Morgan fingerprint density at radius 3 is 2.62 bits per heavy atom. The Hall–Kier alpha value is -1.23. The maximum atomic E-state index is 8.61. The summed E-state index contributed by atoms with van der Waals surface area (Å²) < 4.78 is 5.41. The van der Waals surface area contributed by atoms with Crippen molar-refractivity contribution in [2.45, 2.75) is 38.0 Å². The van der Waals surface area contributed by atoms with E-state index in [9.17, 15) is 0 Å². The average molecular weight is 175 g/mol. The van der Waals surface area contributed by atoms with Crippen LogP contribution >= 0.6 is 0 Å². The lowest BCUT2D eigenvalue weighted by atomic mass is 9.88. The van der Waals surface area contributed by atoms with Gasteiger partial charge in [-0.1, -0.05) is 19.3 Å². The Morgan fingerprint density at radius 1 is 1.23 bits per heavy atom. The number of hydrogen-bond acceptors (Lipinski definition) is 2. The first-order chi connectivity index (χ1) is 6.40. The normalized spacial score (nSPS) is 18.4. The van der Waals surface area contributed by atoms with Crippen molar-refractivity contribution in [1.82, 2.24) is 0 Å². The summed E-state index contributed by atoms with van der Waals surface area (Å²) in [4.78, 5) is 0. The molecule has 0 bridgehead atoms. The van der Waals surface area contributed by atoms with Gasteiger partial charge in [0.05, 0.1) is 0 Å². The second-order valence-corrected chi connectivity index (χ2v) is 3.65. The lowest BCUT2D eigenvalue weighted by Crippen LogP contribution is -2.02. The zero-order valence-corrected chi connectivity index (χ0v) is 7.62. The van der Waals surface area contributed by atoms with Gasteiger partial charge in [-0.2, -0.15) is 5.26 Å². The number of rotatable bonds is 1. The highest BCUT2D eigenvalue weighted by molar-refractivity contribution is 5.21. The lowest BCUT2D eigenvalue weighted by Gasteiger charge is -2.18. The van der Waals surface area contributed by atoms with Crippen LogP contribution in [0.15, 0.2) is 16.5 Å². The van der Waals surface area contributed by atoms with Gasteiger partial charge in [0.15, 0.2) is 0 Å². The van der Waals surface area contributed by atoms with Gasteiger partial charge in [-0.3, -0.25) is 0 Å². The zero-order valence-electron chi connectivity index (χ0n) is 7.62. The molecule has 2 heteroatoms. The highest BCUT2D eigenvalue weighted by atomic mass is 16.3. The molecule has 1 aliphatic carbocycles. The SMILES string of the molecule is N#Cc1ccc(C2CCCCC2)o1. The first-order valence-electron chi connectivity index (χ1n) is 4.90. The van der Waals surface area contributed by atoms with Crippen LogP contribution in [0.4, 0.5) is 0 Å². The maximum Gasteiger partial charge on any atom is 0.203 e. The molecule has 1 heterocycles. The van der Waals surface area contributed by atoms with E-state index < -0.39 is 0 Å². The average Bonchev–Trinajstić information content (AvgIpc) is 2.67. The number of nitriles is 1. The molecule has 13 heavy (non-hydrogen) atoms. The largest absolute Gasteiger partial charge is 0.450 e. The monoisotopic (exact) mass is 175 g/mol. The fourth-order valence-electron chi connectivity index (χ4n) is 2.02. The molecule has 0 amide bonds. The van der Waals surface area contributed by atoms with E-state index in [0.29, 0.717) is 11.7 Å². The van der Waals surface area contributed by atoms with E-state index in [1.54, 1.807) is 6.07 Å². The van der Waals surface area contributed by atoms with Crippen LogP contribution in [0.5, 0.6) is 0 Å². The highest BCUT2D eigenvalue weighted by Gasteiger charge is 2.18. The summed E-state index contributed by atoms with van der Waals surface area (Å²) in [5.41, 5.74) is 0.